The first-order chi connectivity index (χ1) is 16.8. The second-order valence-corrected chi connectivity index (χ2v) is 8.54. The third-order valence-corrected chi connectivity index (χ3v) is 5.56. The summed E-state index contributed by atoms with van der Waals surface area (Å²) in [4.78, 5) is 36.7. The Kier molecular flexibility index (Phi) is 9.25. The van der Waals surface area contributed by atoms with Gasteiger partial charge in [-0.2, -0.15) is 5.10 Å². The molecule has 0 heterocycles. The molecule has 0 bridgehead atoms. The molecule has 3 rings (SSSR count). The van der Waals surface area contributed by atoms with Crippen molar-refractivity contribution in [1.82, 2.24) is 5.43 Å². The third kappa shape index (κ3) is 7.54. The number of amides is 2. The smallest absolute Gasteiger partial charge is 0.343 e. The number of ether oxygens (including phenoxy) is 2. The minimum Gasteiger partial charge on any atom is -0.494 e. The zero-order valence-corrected chi connectivity index (χ0v) is 21.3. The van der Waals surface area contributed by atoms with Crippen LogP contribution in [-0.2, 0) is 9.59 Å². The van der Waals surface area contributed by atoms with Gasteiger partial charge in [0.05, 0.1) is 28.4 Å². The van der Waals surface area contributed by atoms with E-state index in [1.165, 1.54) is 24.4 Å². The topological polar surface area (TPSA) is 106 Å². The predicted octanol–water partition coefficient (Wildman–Crippen LogP) is 5.46. The molecule has 0 aliphatic carbocycles. The number of nitrogens with one attached hydrogen (secondary N) is 2. The second kappa shape index (κ2) is 12.3. The van der Waals surface area contributed by atoms with E-state index in [9.17, 15) is 14.4 Å². The van der Waals surface area contributed by atoms with Crippen LogP contribution in [0.15, 0.2) is 70.2 Å². The van der Waals surface area contributed by atoms with E-state index in [4.69, 9.17) is 32.7 Å². The Morgan fingerprint density at radius 1 is 0.971 bits per heavy atom. The fraction of sp³-hybridized carbons (Fsp3) is 0.0833. The predicted molar refractivity (Wildman–Crippen MR) is 138 cm³/mol. The van der Waals surface area contributed by atoms with E-state index < -0.39 is 17.8 Å². The van der Waals surface area contributed by atoms with E-state index in [-0.39, 0.29) is 10.8 Å². The van der Waals surface area contributed by atoms with Crippen molar-refractivity contribution in [3.8, 4) is 11.5 Å². The summed E-state index contributed by atoms with van der Waals surface area (Å²) in [5.41, 5.74) is 3.11. The number of carbonyl (C=O) groups is 3. The van der Waals surface area contributed by atoms with Gasteiger partial charge in [0.15, 0.2) is 0 Å². The summed E-state index contributed by atoms with van der Waals surface area (Å²) in [5, 5.41) is 6.71. The minimum absolute atomic E-state index is 0.199. The monoisotopic (exact) mass is 577 g/mol. The molecular weight excluding hydrogens is 561 g/mol. The van der Waals surface area contributed by atoms with Gasteiger partial charge in [-0.1, -0.05) is 39.1 Å². The van der Waals surface area contributed by atoms with Crippen LogP contribution in [-0.4, -0.2) is 30.6 Å². The van der Waals surface area contributed by atoms with Crippen LogP contribution in [0.3, 0.4) is 0 Å². The first-order valence-corrected chi connectivity index (χ1v) is 11.7. The Morgan fingerprint density at radius 2 is 1.71 bits per heavy atom. The van der Waals surface area contributed by atoms with Crippen LogP contribution in [0.1, 0.15) is 22.8 Å². The zero-order chi connectivity index (χ0) is 25.4. The quantitative estimate of drug-likeness (QED) is 0.127. The highest BCUT2D eigenvalue weighted by Gasteiger charge is 2.15. The van der Waals surface area contributed by atoms with Gasteiger partial charge in [0, 0.05) is 15.7 Å². The van der Waals surface area contributed by atoms with Gasteiger partial charge in [-0.15, -0.1) is 0 Å². The third-order valence-electron chi connectivity index (χ3n) is 4.33. The Balaban J connectivity index is 1.65. The fourth-order valence-corrected chi connectivity index (χ4v) is 3.38. The van der Waals surface area contributed by atoms with Crippen LogP contribution >= 0.6 is 39.1 Å². The minimum atomic E-state index is -1.02. The number of halogens is 3. The van der Waals surface area contributed by atoms with Crippen LogP contribution < -0.4 is 20.2 Å². The van der Waals surface area contributed by atoms with Gasteiger partial charge in [0.1, 0.15) is 11.5 Å². The normalized spacial score (nSPS) is 10.6. The lowest BCUT2D eigenvalue weighted by molar-refractivity contribution is -0.136. The maximum atomic E-state index is 12.6. The molecule has 0 saturated heterocycles. The second-order valence-electron chi connectivity index (χ2n) is 6.81. The highest BCUT2D eigenvalue weighted by Crippen LogP contribution is 2.25. The number of rotatable bonds is 7. The Morgan fingerprint density at radius 3 is 2.40 bits per heavy atom. The van der Waals surface area contributed by atoms with Crippen molar-refractivity contribution >= 4 is 68.8 Å². The summed E-state index contributed by atoms with van der Waals surface area (Å²) < 4.78 is 11.5. The summed E-state index contributed by atoms with van der Waals surface area (Å²) in [7, 11) is 0. The molecule has 0 aliphatic rings. The van der Waals surface area contributed by atoms with Crippen LogP contribution in [0.2, 0.25) is 10.0 Å². The summed E-state index contributed by atoms with van der Waals surface area (Å²) in [6.45, 7) is 2.38. The van der Waals surface area contributed by atoms with E-state index in [0.717, 1.165) is 0 Å². The summed E-state index contributed by atoms with van der Waals surface area (Å²) in [5.74, 6) is -1.73. The molecule has 0 atom stereocenters. The van der Waals surface area contributed by atoms with Crippen LogP contribution in [0, 0.1) is 0 Å². The summed E-state index contributed by atoms with van der Waals surface area (Å²) in [6, 6.07) is 15.8. The van der Waals surface area contributed by atoms with Crippen LogP contribution in [0.25, 0.3) is 0 Å². The van der Waals surface area contributed by atoms with Gasteiger partial charge in [-0.3, -0.25) is 9.59 Å². The molecule has 8 nitrogen and oxygen atoms in total. The van der Waals surface area contributed by atoms with E-state index in [2.05, 4.69) is 31.8 Å². The van der Waals surface area contributed by atoms with Crippen LogP contribution in [0.4, 0.5) is 5.69 Å². The van der Waals surface area contributed by atoms with E-state index >= 15 is 0 Å². The van der Waals surface area contributed by atoms with Crippen molar-refractivity contribution in [2.75, 3.05) is 11.9 Å². The molecule has 0 radical (unpaired) electrons. The number of nitrogens with zero attached hydrogens (tertiary/aromatic N) is 1. The Hall–Kier alpha value is -3.40. The van der Waals surface area contributed by atoms with E-state index in [1.807, 2.05) is 6.92 Å². The molecule has 35 heavy (non-hydrogen) atoms. The molecule has 0 spiro atoms. The number of carbonyl (C=O) groups excluding carboxylic acids is 3. The fourth-order valence-electron chi connectivity index (χ4n) is 2.70. The SMILES string of the molecule is CCOc1ccc(C(=O)Oc2ccc(Br)cc2C=NNC(=O)C(=O)Nc2ccc(Cl)c(Cl)c2)cc1. The molecule has 2 amide bonds. The van der Waals surface area contributed by atoms with E-state index in [0.29, 0.717) is 38.7 Å². The van der Waals surface area contributed by atoms with Gasteiger partial charge in [0.25, 0.3) is 0 Å². The van der Waals surface area contributed by atoms with Crippen molar-refractivity contribution in [3.05, 3.63) is 86.3 Å². The van der Waals surface area contributed by atoms with Gasteiger partial charge in [-0.25, -0.2) is 10.2 Å². The van der Waals surface area contributed by atoms with Crippen molar-refractivity contribution in [3.63, 3.8) is 0 Å². The molecule has 0 fully saturated rings. The average Bonchev–Trinajstić information content (AvgIpc) is 2.83. The Labute approximate surface area is 219 Å². The lowest BCUT2D eigenvalue weighted by atomic mass is 10.2. The molecule has 0 aromatic heterocycles. The zero-order valence-electron chi connectivity index (χ0n) is 18.2. The van der Waals surface area contributed by atoms with Gasteiger partial charge < -0.3 is 14.8 Å². The standard InChI is InChI=1S/C24H18BrCl2N3O5/c1-2-34-18-7-3-14(4-8-18)24(33)35-21-10-5-16(25)11-15(21)13-28-30-23(32)22(31)29-17-6-9-19(26)20(27)12-17/h3-13H,2H2,1H3,(H,29,31)(H,30,32). The van der Waals surface area contributed by atoms with Gasteiger partial charge in [0.2, 0.25) is 0 Å². The molecule has 3 aromatic carbocycles. The number of anilines is 1. The first-order valence-electron chi connectivity index (χ1n) is 10.1. The Bertz CT molecular complexity index is 1280. The molecule has 0 saturated carbocycles. The number of esters is 1. The lowest BCUT2D eigenvalue weighted by Gasteiger charge is -2.09. The summed E-state index contributed by atoms with van der Waals surface area (Å²) >= 11 is 15.1. The molecule has 3 aromatic rings. The molecule has 0 aliphatic heterocycles. The number of benzene rings is 3. The molecule has 0 unspecified atom stereocenters. The highest BCUT2D eigenvalue weighted by atomic mass is 79.9. The van der Waals surface area contributed by atoms with Crippen LogP contribution in [0.5, 0.6) is 11.5 Å². The van der Waals surface area contributed by atoms with Crippen molar-refractivity contribution in [2.45, 2.75) is 6.92 Å². The number of hydrogen-bond acceptors (Lipinski definition) is 6. The maximum absolute atomic E-state index is 12.6. The van der Waals surface area contributed by atoms with Crippen molar-refractivity contribution < 1.29 is 23.9 Å². The van der Waals surface area contributed by atoms with Gasteiger partial charge >= 0.3 is 17.8 Å². The number of hydrogen-bond donors (Lipinski definition) is 2. The average molecular weight is 579 g/mol. The molecular formula is C24H18BrCl2N3O5. The molecule has 11 heteroatoms. The van der Waals surface area contributed by atoms with Gasteiger partial charge in [-0.05, 0) is 67.6 Å². The van der Waals surface area contributed by atoms with E-state index in [1.54, 1.807) is 42.5 Å². The summed E-state index contributed by atoms with van der Waals surface area (Å²) in [6.07, 6.45) is 1.25. The van der Waals surface area contributed by atoms with Crippen molar-refractivity contribution in [2.24, 2.45) is 5.10 Å². The number of hydrazone groups is 1. The largest absolute Gasteiger partial charge is 0.494 e. The maximum Gasteiger partial charge on any atom is 0.343 e. The first kappa shape index (κ1) is 26.2. The molecule has 180 valence electrons. The lowest BCUT2D eigenvalue weighted by Crippen LogP contribution is -2.32. The van der Waals surface area contributed by atoms with Crippen molar-refractivity contribution in [1.29, 1.82) is 0 Å². The highest BCUT2D eigenvalue weighted by molar-refractivity contribution is 9.10. The molecule has 2 N–H and O–H groups in total.